The van der Waals surface area contributed by atoms with Crippen LogP contribution >= 0.6 is 0 Å². The van der Waals surface area contributed by atoms with E-state index in [4.69, 9.17) is 5.73 Å². The molecular weight excluding hydrogens is 200 g/mol. The first kappa shape index (κ1) is 11.9. The van der Waals surface area contributed by atoms with Gasteiger partial charge in [-0.1, -0.05) is 6.92 Å². The number of rotatable bonds is 1. The van der Waals surface area contributed by atoms with E-state index < -0.39 is 0 Å². The molecule has 3 atom stereocenters. The van der Waals surface area contributed by atoms with E-state index in [1.165, 1.54) is 0 Å². The van der Waals surface area contributed by atoms with E-state index >= 15 is 0 Å². The summed E-state index contributed by atoms with van der Waals surface area (Å²) in [5, 5.41) is 0. The fraction of sp³-hybridized carbons (Fsp3) is 0.923. The summed E-state index contributed by atoms with van der Waals surface area (Å²) in [6.45, 7) is 7.53. The van der Waals surface area contributed by atoms with Crippen molar-refractivity contribution in [3.8, 4) is 0 Å². The second kappa shape index (κ2) is 4.02. The molecule has 0 aromatic rings. The molecule has 0 bridgehead atoms. The Bertz CT molecular complexity index is 288. The van der Waals surface area contributed by atoms with Crippen LogP contribution < -0.4 is 5.73 Å². The van der Waals surface area contributed by atoms with Gasteiger partial charge in [0.15, 0.2) is 0 Å². The minimum absolute atomic E-state index is 0.0448. The quantitative estimate of drug-likeness (QED) is 0.737. The van der Waals surface area contributed by atoms with E-state index in [-0.39, 0.29) is 17.5 Å². The van der Waals surface area contributed by atoms with Gasteiger partial charge >= 0.3 is 0 Å². The lowest BCUT2D eigenvalue weighted by Crippen LogP contribution is -2.45. The molecule has 1 heterocycles. The van der Waals surface area contributed by atoms with Crippen molar-refractivity contribution in [1.82, 2.24) is 4.90 Å². The van der Waals surface area contributed by atoms with Gasteiger partial charge in [-0.15, -0.1) is 0 Å². The smallest absolute Gasteiger partial charge is 0.226 e. The first-order chi connectivity index (χ1) is 7.40. The Morgan fingerprint density at radius 2 is 2.06 bits per heavy atom. The largest absolute Gasteiger partial charge is 0.337 e. The van der Waals surface area contributed by atoms with Crippen molar-refractivity contribution < 1.29 is 4.79 Å². The lowest BCUT2D eigenvalue weighted by molar-refractivity contribution is -0.138. The lowest BCUT2D eigenvalue weighted by atomic mass is 9.96. The van der Waals surface area contributed by atoms with Crippen molar-refractivity contribution in [3.05, 3.63) is 0 Å². The molecule has 2 N–H and O–H groups in total. The molecule has 3 heteroatoms. The third kappa shape index (κ3) is 2.10. The second-order valence-corrected chi connectivity index (χ2v) is 6.34. The molecule has 2 aliphatic rings. The van der Waals surface area contributed by atoms with Crippen LogP contribution in [0.1, 0.15) is 46.5 Å². The molecule has 0 radical (unpaired) electrons. The molecule has 1 saturated carbocycles. The highest BCUT2D eigenvalue weighted by Gasteiger charge is 2.42. The molecule has 1 aliphatic heterocycles. The molecule has 92 valence electrons. The fourth-order valence-electron chi connectivity index (χ4n) is 3.44. The Hall–Kier alpha value is -0.570. The van der Waals surface area contributed by atoms with Gasteiger partial charge in [0.25, 0.3) is 0 Å². The average Bonchev–Trinajstić information content (AvgIpc) is 2.69. The summed E-state index contributed by atoms with van der Waals surface area (Å²) in [5.74, 6) is 1.18. The van der Waals surface area contributed by atoms with Crippen LogP contribution in [0.4, 0.5) is 0 Å². The highest BCUT2D eigenvalue weighted by Crippen LogP contribution is 2.36. The zero-order valence-corrected chi connectivity index (χ0v) is 10.7. The Morgan fingerprint density at radius 1 is 1.38 bits per heavy atom. The summed E-state index contributed by atoms with van der Waals surface area (Å²) in [6.07, 6.45) is 4.01. The molecule has 2 fully saturated rings. The Labute approximate surface area is 98.4 Å². The fourth-order valence-corrected chi connectivity index (χ4v) is 3.44. The van der Waals surface area contributed by atoms with Crippen LogP contribution in [-0.2, 0) is 4.79 Å². The normalized spacial score (nSPS) is 38.0. The lowest BCUT2D eigenvalue weighted by Gasteiger charge is -2.33. The molecule has 3 nitrogen and oxygen atoms in total. The minimum atomic E-state index is 0.0448. The monoisotopic (exact) mass is 224 g/mol. The maximum absolute atomic E-state index is 12.4. The van der Waals surface area contributed by atoms with Crippen LogP contribution in [0, 0.1) is 11.8 Å². The Balaban J connectivity index is 2.04. The van der Waals surface area contributed by atoms with E-state index in [0.717, 1.165) is 32.2 Å². The van der Waals surface area contributed by atoms with Crippen LogP contribution in [0.5, 0.6) is 0 Å². The van der Waals surface area contributed by atoms with Crippen LogP contribution in [0.2, 0.25) is 0 Å². The number of carbonyl (C=O) groups excluding carboxylic acids is 1. The SMILES string of the molecule is CC1CN(C(=O)C2CCC(N)C2)C(C)(C)C1. The van der Waals surface area contributed by atoms with E-state index in [9.17, 15) is 4.79 Å². The van der Waals surface area contributed by atoms with Crippen molar-refractivity contribution >= 4 is 5.91 Å². The summed E-state index contributed by atoms with van der Waals surface area (Å²) >= 11 is 0. The first-order valence-electron chi connectivity index (χ1n) is 6.47. The Kier molecular flexibility index (Phi) is 2.99. The average molecular weight is 224 g/mol. The summed E-state index contributed by atoms with van der Waals surface area (Å²) < 4.78 is 0. The number of amides is 1. The molecule has 0 aromatic carbocycles. The number of likely N-dealkylation sites (tertiary alicyclic amines) is 1. The van der Waals surface area contributed by atoms with Gasteiger partial charge in [-0.25, -0.2) is 0 Å². The van der Waals surface area contributed by atoms with E-state index in [0.29, 0.717) is 11.8 Å². The third-order valence-electron chi connectivity index (χ3n) is 4.16. The van der Waals surface area contributed by atoms with Crippen molar-refractivity contribution in [2.75, 3.05) is 6.54 Å². The number of nitrogens with zero attached hydrogens (tertiary/aromatic N) is 1. The Morgan fingerprint density at radius 3 is 2.50 bits per heavy atom. The van der Waals surface area contributed by atoms with Gasteiger partial charge in [-0.3, -0.25) is 4.79 Å². The molecule has 2 rings (SSSR count). The summed E-state index contributed by atoms with van der Waals surface area (Å²) in [4.78, 5) is 14.5. The zero-order chi connectivity index (χ0) is 11.9. The van der Waals surface area contributed by atoms with Gasteiger partial charge in [0.05, 0.1) is 0 Å². The summed E-state index contributed by atoms with van der Waals surface area (Å²) in [7, 11) is 0. The highest BCUT2D eigenvalue weighted by atomic mass is 16.2. The molecule has 1 aliphatic carbocycles. The maximum atomic E-state index is 12.4. The van der Waals surface area contributed by atoms with E-state index in [2.05, 4.69) is 25.7 Å². The van der Waals surface area contributed by atoms with Crippen LogP contribution in [0.3, 0.4) is 0 Å². The van der Waals surface area contributed by atoms with Gasteiger partial charge in [-0.2, -0.15) is 0 Å². The van der Waals surface area contributed by atoms with Gasteiger partial charge in [-0.05, 0) is 45.4 Å². The minimum Gasteiger partial charge on any atom is -0.337 e. The topological polar surface area (TPSA) is 46.3 Å². The zero-order valence-electron chi connectivity index (χ0n) is 10.7. The molecule has 3 unspecified atom stereocenters. The second-order valence-electron chi connectivity index (χ2n) is 6.34. The van der Waals surface area contributed by atoms with Gasteiger partial charge in [0.2, 0.25) is 5.91 Å². The molecular formula is C13H24N2O. The molecule has 1 saturated heterocycles. The standard InChI is InChI=1S/C13H24N2O/c1-9-7-13(2,3)15(8-9)12(16)10-4-5-11(14)6-10/h9-11H,4-8,14H2,1-3H3. The first-order valence-corrected chi connectivity index (χ1v) is 6.47. The summed E-state index contributed by atoms with van der Waals surface area (Å²) in [5.41, 5.74) is 5.93. The van der Waals surface area contributed by atoms with Gasteiger partial charge in [0, 0.05) is 24.0 Å². The third-order valence-corrected chi connectivity index (χ3v) is 4.16. The highest BCUT2D eigenvalue weighted by molar-refractivity contribution is 5.80. The van der Waals surface area contributed by atoms with Crippen molar-refractivity contribution in [1.29, 1.82) is 0 Å². The predicted molar refractivity (Wildman–Crippen MR) is 64.9 cm³/mol. The van der Waals surface area contributed by atoms with Crippen molar-refractivity contribution in [2.24, 2.45) is 17.6 Å². The number of carbonyl (C=O) groups is 1. The molecule has 16 heavy (non-hydrogen) atoms. The maximum Gasteiger partial charge on any atom is 0.226 e. The van der Waals surface area contributed by atoms with Gasteiger partial charge < -0.3 is 10.6 Å². The number of hydrogen-bond donors (Lipinski definition) is 1. The van der Waals surface area contributed by atoms with Crippen LogP contribution in [-0.4, -0.2) is 28.9 Å². The van der Waals surface area contributed by atoms with Crippen LogP contribution in [0.15, 0.2) is 0 Å². The van der Waals surface area contributed by atoms with Crippen molar-refractivity contribution in [2.45, 2.75) is 58.0 Å². The van der Waals surface area contributed by atoms with Gasteiger partial charge in [0.1, 0.15) is 0 Å². The molecule has 0 spiro atoms. The molecule has 0 aromatic heterocycles. The molecule has 1 amide bonds. The predicted octanol–water partition coefficient (Wildman–Crippen LogP) is 1.76. The number of hydrogen-bond acceptors (Lipinski definition) is 2. The van der Waals surface area contributed by atoms with E-state index in [1.54, 1.807) is 0 Å². The summed E-state index contributed by atoms with van der Waals surface area (Å²) in [6, 6.07) is 0.247. The van der Waals surface area contributed by atoms with Crippen molar-refractivity contribution in [3.63, 3.8) is 0 Å². The number of nitrogens with two attached hydrogens (primary N) is 1. The van der Waals surface area contributed by atoms with E-state index in [1.807, 2.05) is 0 Å². The van der Waals surface area contributed by atoms with Crippen LogP contribution in [0.25, 0.3) is 0 Å².